The molecule has 0 saturated carbocycles. The molecule has 0 heterocycles. The van der Waals surface area contributed by atoms with Crippen LogP contribution in [0.15, 0.2) is 30.3 Å². The minimum absolute atomic E-state index is 0. The van der Waals surface area contributed by atoms with Crippen LogP contribution in [0.5, 0.6) is 0 Å². The van der Waals surface area contributed by atoms with Crippen LogP contribution in [-0.4, -0.2) is 18.1 Å². The zero-order valence-electron chi connectivity index (χ0n) is 7.23. The molecule has 1 aromatic carbocycles. The number of likely N-dealkylation sites (N-methyl/N-ethyl adjacent to an activating group) is 1. The summed E-state index contributed by atoms with van der Waals surface area (Å²) in [7, 11) is 1.63. The Bertz CT molecular complexity index is 264. The molecule has 13 heavy (non-hydrogen) atoms. The van der Waals surface area contributed by atoms with Crippen molar-refractivity contribution in [1.82, 2.24) is 5.32 Å². The van der Waals surface area contributed by atoms with Gasteiger partial charge in [0.25, 0.3) is 0 Å². The Morgan fingerprint density at radius 2 is 1.92 bits per heavy atom. The Kier molecular flexibility index (Phi) is 5.11. The van der Waals surface area contributed by atoms with Crippen LogP contribution in [0.25, 0.3) is 0 Å². The quantitative estimate of drug-likeness (QED) is 0.779. The van der Waals surface area contributed by atoms with Gasteiger partial charge in [-0.05, 0) is 12.6 Å². The van der Waals surface area contributed by atoms with Crippen molar-refractivity contribution in [3.05, 3.63) is 35.9 Å². The molecule has 3 nitrogen and oxygen atoms in total. The second-order valence-electron chi connectivity index (χ2n) is 2.47. The molecule has 0 spiro atoms. The van der Waals surface area contributed by atoms with Crippen LogP contribution >= 0.6 is 12.4 Å². The summed E-state index contributed by atoms with van der Waals surface area (Å²) >= 11 is 0. The summed E-state index contributed by atoms with van der Waals surface area (Å²) in [4.78, 5) is 10.7. The lowest BCUT2D eigenvalue weighted by molar-refractivity contribution is -0.139. The smallest absolute Gasteiger partial charge is 0.325 e. The molecule has 0 fully saturated rings. The molecule has 0 amide bonds. The average Bonchev–Trinajstić information content (AvgIpc) is 2.07. The number of rotatable bonds is 3. The number of carbonyl (C=O) groups is 1. The first-order valence-electron chi connectivity index (χ1n) is 3.70. The molecule has 0 aromatic heterocycles. The zero-order valence-corrected chi connectivity index (χ0v) is 8.04. The van der Waals surface area contributed by atoms with Gasteiger partial charge in [-0.3, -0.25) is 4.79 Å². The van der Waals surface area contributed by atoms with Crippen molar-refractivity contribution in [3.8, 4) is 0 Å². The summed E-state index contributed by atoms with van der Waals surface area (Å²) in [5.74, 6) is -0.858. The van der Waals surface area contributed by atoms with E-state index >= 15 is 0 Å². The van der Waals surface area contributed by atoms with Crippen molar-refractivity contribution in [1.29, 1.82) is 0 Å². The Labute approximate surface area is 83.2 Å². The third-order valence-electron chi connectivity index (χ3n) is 1.67. The van der Waals surface area contributed by atoms with Crippen LogP contribution in [-0.2, 0) is 4.79 Å². The lowest BCUT2D eigenvalue weighted by Crippen LogP contribution is -2.24. The predicted octanol–water partition coefficient (Wildman–Crippen LogP) is 1.45. The van der Waals surface area contributed by atoms with Crippen molar-refractivity contribution >= 4 is 18.4 Å². The summed E-state index contributed by atoms with van der Waals surface area (Å²) < 4.78 is 0. The first kappa shape index (κ1) is 11.9. The van der Waals surface area contributed by atoms with Crippen LogP contribution in [0.4, 0.5) is 0 Å². The fourth-order valence-corrected chi connectivity index (χ4v) is 1.08. The fraction of sp³-hybridized carbons (Fsp3) is 0.222. The summed E-state index contributed by atoms with van der Waals surface area (Å²) in [6.07, 6.45) is 0. The van der Waals surface area contributed by atoms with Gasteiger partial charge < -0.3 is 10.4 Å². The lowest BCUT2D eigenvalue weighted by Gasteiger charge is -2.10. The summed E-state index contributed by atoms with van der Waals surface area (Å²) in [5, 5.41) is 11.5. The highest BCUT2D eigenvalue weighted by Gasteiger charge is 2.15. The monoisotopic (exact) mass is 201 g/mol. The number of aliphatic carboxylic acids is 1. The number of hydrogen-bond acceptors (Lipinski definition) is 2. The number of benzene rings is 1. The van der Waals surface area contributed by atoms with E-state index in [9.17, 15) is 4.79 Å². The summed E-state index contributed by atoms with van der Waals surface area (Å²) in [6, 6.07) is 8.47. The Hall–Kier alpha value is -1.06. The van der Waals surface area contributed by atoms with E-state index in [1.807, 2.05) is 18.2 Å². The van der Waals surface area contributed by atoms with Gasteiger partial charge in [-0.15, -0.1) is 12.4 Å². The number of hydrogen-bond donors (Lipinski definition) is 2. The van der Waals surface area contributed by atoms with Gasteiger partial charge in [0.2, 0.25) is 0 Å². The van der Waals surface area contributed by atoms with Gasteiger partial charge in [0, 0.05) is 0 Å². The van der Waals surface area contributed by atoms with Gasteiger partial charge in [-0.25, -0.2) is 0 Å². The van der Waals surface area contributed by atoms with E-state index < -0.39 is 12.0 Å². The second kappa shape index (κ2) is 5.56. The molecule has 1 rings (SSSR count). The predicted molar refractivity (Wildman–Crippen MR) is 53.1 cm³/mol. The highest BCUT2D eigenvalue weighted by Crippen LogP contribution is 2.11. The molecule has 1 unspecified atom stereocenters. The third-order valence-corrected chi connectivity index (χ3v) is 1.67. The Morgan fingerprint density at radius 1 is 1.38 bits per heavy atom. The van der Waals surface area contributed by atoms with Crippen LogP contribution in [0.2, 0.25) is 0 Å². The third kappa shape index (κ3) is 3.05. The van der Waals surface area contributed by atoms with Crippen LogP contribution in [0, 0.1) is 0 Å². The van der Waals surface area contributed by atoms with Gasteiger partial charge >= 0.3 is 5.97 Å². The minimum atomic E-state index is -0.858. The number of halogens is 1. The molecule has 72 valence electrons. The van der Waals surface area contributed by atoms with Gasteiger partial charge in [0.15, 0.2) is 0 Å². The molecule has 0 aliphatic carbocycles. The number of nitrogens with one attached hydrogen (secondary N) is 1. The van der Waals surface area contributed by atoms with E-state index in [0.717, 1.165) is 5.56 Å². The average molecular weight is 202 g/mol. The highest BCUT2D eigenvalue weighted by molar-refractivity contribution is 5.85. The maximum absolute atomic E-state index is 10.7. The van der Waals surface area contributed by atoms with Gasteiger partial charge in [0.05, 0.1) is 0 Å². The van der Waals surface area contributed by atoms with Crippen molar-refractivity contribution < 1.29 is 9.90 Å². The van der Waals surface area contributed by atoms with Crippen molar-refractivity contribution in [3.63, 3.8) is 0 Å². The van der Waals surface area contributed by atoms with Crippen LogP contribution < -0.4 is 5.32 Å². The first-order chi connectivity index (χ1) is 5.75. The maximum atomic E-state index is 10.7. The minimum Gasteiger partial charge on any atom is -0.480 e. The molecule has 4 heteroatoms. The molecule has 2 N–H and O–H groups in total. The Morgan fingerprint density at radius 3 is 2.31 bits per heavy atom. The molecular formula is C9H12ClNO2. The normalized spacial score (nSPS) is 11.5. The SMILES string of the molecule is CNC(C(=O)O)c1ccccc1.Cl. The first-order valence-corrected chi connectivity index (χ1v) is 3.70. The van der Waals surface area contributed by atoms with Crippen molar-refractivity contribution in [2.45, 2.75) is 6.04 Å². The number of carboxylic acid groups (broad SMARTS) is 1. The zero-order chi connectivity index (χ0) is 8.97. The largest absolute Gasteiger partial charge is 0.480 e. The van der Waals surface area contributed by atoms with Crippen LogP contribution in [0.3, 0.4) is 0 Å². The molecule has 0 aliphatic heterocycles. The standard InChI is InChI=1S/C9H11NO2.ClH/c1-10-8(9(11)12)7-5-3-2-4-6-7;/h2-6,8,10H,1H3,(H,11,12);1H. The highest BCUT2D eigenvalue weighted by atomic mass is 35.5. The van der Waals surface area contributed by atoms with E-state index in [0.29, 0.717) is 0 Å². The molecule has 0 bridgehead atoms. The fourth-order valence-electron chi connectivity index (χ4n) is 1.08. The van der Waals surface area contributed by atoms with Gasteiger partial charge in [0.1, 0.15) is 6.04 Å². The molecule has 0 aliphatic rings. The summed E-state index contributed by atoms with van der Waals surface area (Å²) in [6.45, 7) is 0. The topological polar surface area (TPSA) is 49.3 Å². The molecular weight excluding hydrogens is 190 g/mol. The van der Waals surface area contributed by atoms with Crippen LogP contribution in [0.1, 0.15) is 11.6 Å². The molecule has 1 aromatic rings. The van der Waals surface area contributed by atoms with Gasteiger partial charge in [-0.2, -0.15) is 0 Å². The van der Waals surface area contributed by atoms with Crippen molar-refractivity contribution in [2.24, 2.45) is 0 Å². The van der Waals surface area contributed by atoms with E-state index in [1.165, 1.54) is 0 Å². The van der Waals surface area contributed by atoms with Gasteiger partial charge in [-0.1, -0.05) is 30.3 Å². The van der Waals surface area contributed by atoms with E-state index in [1.54, 1.807) is 19.2 Å². The van der Waals surface area contributed by atoms with Crippen molar-refractivity contribution in [2.75, 3.05) is 7.05 Å². The molecule has 0 radical (unpaired) electrons. The lowest BCUT2D eigenvalue weighted by atomic mass is 10.1. The maximum Gasteiger partial charge on any atom is 0.325 e. The van der Waals surface area contributed by atoms with E-state index in [4.69, 9.17) is 5.11 Å². The second-order valence-corrected chi connectivity index (χ2v) is 2.47. The molecule has 1 atom stereocenters. The summed E-state index contributed by atoms with van der Waals surface area (Å²) in [5.41, 5.74) is 0.771. The van der Waals surface area contributed by atoms with E-state index in [-0.39, 0.29) is 12.4 Å². The molecule has 0 saturated heterocycles. The Balaban J connectivity index is 0.00000144. The number of carboxylic acids is 1. The van der Waals surface area contributed by atoms with E-state index in [2.05, 4.69) is 5.32 Å².